The van der Waals surface area contributed by atoms with Crippen LogP contribution in [0.4, 0.5) is 0 Å². The van der Waals surface area contributed by atoms with Crippen molar-refractivity contribution in [3.05, 3.63) is 22.8 Å². The fraction of sp³-hybridized carbons (Fsp3) is 0.750. The molecule has 1 fully saturated rings. The highest BCUT2D eigenvalue weighted by Gasteiger charge is 2.42. The number of ether oxygens (including phenoxy) is 2. The Hall–Kier alpha value is -1.04. The smallest absolute Gasteiger partial charge is 0.160 e. The van der Waals surface area contributed by atoms with E-state index in [1.54, 1.807) is 14.2 Å². The van der Waals surface area contributed by atoms with Gasteiger partial charge in [0.2, 0.25) is 0 Å². The highest BCUT2D eigenvalue weighted by Crippen LogP contribution is 2.42. The topological polar surface area (TPSA) is 56.3 Å². The van der Waals surface area contributed by atoms with Crippen molar-refractivity contribution in [1.29, 1.82) is 0 Å². The molecule has 0 spiro atoms. The van der Waals surface area contributed by atoms with E-state index in [2.05, 4.69) is 19.2 Å². The van der Waals surface area contributed by atoms with E-state index in [0.717, 1.165) is 56.2 Å². The van der Waals surface area contributed by atoms with E-state index in [9.17, 15) is 0 Å². The Kier molecular flexibility index (Phi) is 5.67. The van der Waals surface area contributed by atoms with Crippen LogP contribution < -0.4 is 5.32 Å². The average molecular weight is 293 g/mol. The molecule has 118 valence electrons. The van der Waals surface area contributed by atoms with Crippen LogP contribution in [-0.4, -0.2) is 43.9 Å². The Morgan fingerprint density at radius 1 is 1.10 bits per heavy atom. The summed E-state index contributed by atoms with van der Waals surface area (Å²) in [6.07, 6.45) is 4.20. The minimum atomic E-state index is -0.231. The number of aryl methyl sites for hydroxylation is 2. The van der Waals surface area contributed by atoms with Gasteiger partial charge in [0.1, 0.15) is 5.60 Å². The van der Waals surface area contributed by atoms with Gasteiger partial charge < -0.3 is 14.8 Å². The van der Waals surface area contributed by atoms with E-state index in [4.69, 9.17) is 19.4 Å². The van der Waals surface area contributed by atoms with Crippen LogP contribution in [0, 0.1) is 13.8 Å². The molecule has 1 aliphatic rings. The Morgan fingerprint density at radius 3 is 2.24 bits per heavy atom. The zero-order chi connectivity index (χ0) is 15.3. The molecule has 0 unspecified atom stereocenters. The number of hydrogen-bond acceptors (Lipinski definition) is 5. The minimum absolute atomic E-state index is 0.231. The normalized spacial score (nSPS) is 16.8. The molecule has 2 rings (SSSR count). The lowest BCUT2D eigenvalue weighted by molar-refractivity contribution is -0.0848. The van der Waals surface area contributed by atoms with Gasteiger partial charge in [-0.25, -0.2) is 9.97 Å². The van der Waals surface area contributed by atoms with Crippen molar-refractivity contribution in [2.75, 3.05) is 33.9 Å². The average Bonchev–Trinajstić information content (AvgIpc) is 2.40. The first kappa shape index (κ1) is 16.3. The quantitative estimate of drug-likeness (QED) is 0.742. The van der Waals surface area contributed by atoms with Crippen LogP contribution in [0.2, 0.25) is 0 Å². The summed E-state index contributed by atoms with van der Waals surface area (Å²) in [5.74, 6) is 0.863. The number of nitrogens with zero attached hydrogens (tertiary/aromatic N) is 2. The van der Waals surface area contributed by atoms with Gasteiger partial charge in [-0.15, -0.1) is 0 Å². The molecule has 1 aromatic rings. The third-order valence-electron chi connectivity index (χ3n) is 4.41. The summed E-state index contributed by atoms with van der Waals surface area (Å²) in [6.45, 7) is 6.68. The van der Waals surface area contributed by atoms with Gasteiger partial charge in [0, 0.05) is 32.2 Å². The molecule has 1 aromatic heterocycles. The Labute approximate surface area is 127 Å². The molecule has 1 aliphatic carbocycles. The zero-order valence-corrected chi connectivity index (χ0v) is 13.7. The van der Waals surface area contributed by atoms with E-state index >= 15 is 0 Å². The molecule has 0 saturated heterocycles. The molecule has 1 N–H and O–H groups in total. The van der Waals surface area contributed by atoms with Gasteiger partial charge in [-0.3, -0.25) is 0 Å². The molecule has 5 heteroatoms. The maximum Gasteiger partial charge on any atom is 0.160 e. The highest BCUT2D eigenvalue weighted by molar-refractivity contribution is 5.27. The van der Waals surface area contributed by atoms with Crippen LogP contribution in [0.3, 0.4) is 0 Å². The number of hydrogen-bond donors (Lipinski definition) is 1. The molecule has 0 radical (unpaired) electrons. The molecular formula is C16H27N3O2. The van der Waals surface area contributed by atoms with Crippen molar-refractivity contribution in [1.82, 2.24) is 15.3 Å². The lowest BCUT2D eigenvalue weighted by Crippen LogP contribution is -2.38. The van der Waals surface area contributed by atoms with Crippen LogP contribution in [-0.2, 0) is 21.5 Å². The van der Waals surface area contributed by atoms with Crippen molar-refractivity contribution in [3.8, 4) is 0 Å². The maximum atomic E-state index is 5.68. The van der Waals surface area contributed by atoms with Gasteiger partial charge in [0.15, 0.2) is 5.82 Å². The second kappa shape index (κ2) is 7.29. The van der Waals surface area contributed by atoms with E-state index in [-0.39, 0.29) is 5.60 Å². The van der Waals surface area contributed by atoms with Crippen LogP contribution in [0.25, 0.3) is 0 Å². The third-order valence-corrected chi connectivity index (χ3v) is 4.41. The lowest BCUT2D eigenvalue weighted by atomic mass is 9.79. The molecule has 0 atom stereocenters. The summed E-state index contributed by atoms with van der Waals surface area (Å²) >= 11 is 0. The Morgan fingerprint density at radius 2 is 1.76 bits per heavy atom. The summed E-state index contributed by atoms with van der Waals surface area (Å²) < 4.78 is 10.7. The van der Waals surface area contributed by atoms with Crippen molar-refractivity contribution < 1.29 is 9.47 Å². The van der Waals surface area contributed by atoms with Crippen LogP contribution in [0.5, 0.6) is 0 Å². The number of aromatic nitrogens is 2. The van der Waals surface area contributed by atoms with Gasteiger partial charge >= 0.3 is 0 Å². The minimum Gasteiger partial charge on any atom is -0.383 e. The molecule has 21 heavy (non-hydrogen) atoms. The van der Waals surface area contributed by atoms with E-state index < -0.39 is 0 Å². The number of nitrogens with one attached hydrogen (secondary N) is 1. The molecular weight excluding hydrogens is 266 g/mol. The first-order valence-electron chi connectivity index (χ1n) is 7.72. The van der Waals surface area contributed by atoms with Gasteiger partial charge in [-0.05, 0) is 51.6 Å². The highest BCUT2D eigenvalue weighted by atomic mass is 16.5. The second-order valence-electron chi connectivity index (χ2n) is 5.74. The summed E-state index contributed by atoms with van der Waals surface area (Å²) in [6, 6.07) is 0. The van der Waals surface area contributed by atoms with Gasteiger partial charge in [-0.1, -0.05) is 0 Å². The van der Waals surface area contributed by atoms with E-state index in [1.165, 1.54) is 12.0 Å². The summed E-state index contributed by atoms with van der Waals surface area (Å²) in [4.78, 5) is 9.45. The molecule has 0 aliphatic heterocycles. The molecule has 0 bridgehead atoms. The number of methoxy groups -OCH3 is 2. The lowest BCUT2D eigenvalue weighted by Gasteiger charge is -2.39. The molecule has 0 aromatic carbocycles. The third kappa shape index (κ3) is 3.59. The molecule has 1 saturated carbocycles. The number of rotatable bonds is 8. The zero-order valence-electron chi connectivity index (χ0n) is 13.7. The van der Waals surface area contributed by atoms with E-state index in [0.29, 0.717) is 0 Å². The molecule has 0 amide bonds. The monoisotopic (exact) mass is 293 g/mol. The maximum absolute atomic E-state index is 5.68. The Balaban J connectivity index is 2.03. The van der Waals surface area contributed by atoms with Gasteiger partial charge in [-0.2, -0.15) is 0 Å². The summed E-state index contributed by atoms with van der Waals surface area (Å²) in [5, 5.41) is 3.36. The van der Waals surface area contributed by atoms with Crippen LogP contribution in [0.1, 0.15) is 42.0 Å². The molecule has 1 heterocycles. The second-order valence-corrected chi connectivity index (χ2v) is 5.74. The van der Waals surface area contributed by atoms with Crippen LogP contribution >= 0.6 is 0 Å². The van der Waals surface area contributed by atoms with Crippen molar-refractivity contribution in [2.24, 2.45) is 0 Å². The van der Waals surface area contributed by atoms with Gasteiger partial charge in [0.25, 0.3) is 0 Å². The predicted octanol–water partition coefficient (Wildman–Crippen LogP) is 1.90. The largest absolute Gasteiger partial charge is 0.383 e. The van der Waals surface area contributed by atoms with Crippen molar-refractivity contribution in [3.63, 3.8) is 0 Å². The van der Waals surface area contributed by atoms with E-state index in [1.807, 2.05) is 0 Å². The van der Waals surface area contributed by atoms with Gasteiger partial charge in [0.05, 0.1) is 6.61 Å². The fourth-order valence-corrected chi connectivity index (χ4v) is 2.83. The predicted molar refractivity (Wildman–Crippen MR) is 82.5 cm³/mol. The Bertz CT molecular complexity index is 444. The van der Waals surface area contributed by atoms with Crippen molar-refractivity contribution in [2.45, 2.75) is 45.1 Å². The molecule has 5 nitrogen and oxygen atoms in total. The summed E-state index contributed by atoms with van der Waals surface area (Å²) in [7, 11) is 3.48. The standard InChI is InChI=1S/C16H27N3O2/c1-12-14(6-9-17-10-11-20-3)13(2)19-15(18-12)16(21-4)7-5-8-16/h17H,5-11H2,1-4H3. The fourth-order valence-electron chi connectivity index (χ4n) is 2.83. The first-order valence-corrected chi connectivity index (χ1v) is 7.72. The van der Waals surface area contributed by atoms with Crippen LogP contribution in [0.15, 0.2) is 0 Å². The summed E-state index contributed by atoms with van der Waals surface area (Å²) in [5.41, 5.74) is 3.17. The SMILES string of the molecule is COCCNCCc1c(C)nc(C2(OC)CCC2)nc1C. The van der Waals surface area contributed by atoms with Crippen molar-refractivity contribution >= 4 is 0 Å². The first-order chi connectivity index (χ1) is 10.1.